The Morgan fingerprint density at radius 1 is 0.556 bits per heavy atom. The molecule has 2 aliphatic heterocycles. The van der Waals surface area contributed by atoms with Crippen molar-refractivity contribution in [2.45, 2.75) is 13.8 Å². The van der Waals surface area contributed by atoms with Crippen LogP contribution in [0.2, 0.25) is 5.02 Å². The van der Waals surface area contributed by atoms with Gasteiger partial charge in [-0.3, -0.25) is 29.9 Å². The summed E-state index contributed by atoms with van der Waals surface area (Å²) in [5, 5.41) is 3.98. The molecule has 0 radical (unpaired) electrons. The van der Waals surface area contributed by atoms with Crippen molar-refractivity contribution in [3.8, 4) is 56.8 Å². The van der Waals surface area contributed by atoms with Gasteiger partial charge in [-0.05, 0) is 67.9 Å². The molecule has 2 saturated heterocycles. The Bertz CT molecular complexity index is 3880. The highest BCUT2D eigenvalue weighted by molar-refractivity contribution is 6.36. The molecular formula is C60H53ClF4N12O4. The van der Waals surface area contributed by atoms with E-state index < -0.39 is 23.3 Å². The first kappa shape index (κ1) is 55.2. The Morgan fingerprint density at radius 3 is 1.57 bits per heavy atom. The van der Waals surface area contributed by atoms with Crippen LogP contribution in [0.3, 0.4) is 0 Å². The predicted molar refractivity (Wildman–Crippen MR) is 306 cm³/mol. The van der Waals surface area contributed by atoms with Crippen LogP contribution in [0.4, 0.5) is 46.0 Å². The number of morpholine rings is 2. The van der Waals surface area contributed by atoms with E-state index in [2.05, 4.69) is 50.0 Å². The van der Waals surface area contributed by atoms with Gasteiger partial charge in [-0.1, -0.05) is 23.7 Å². The van der Waals surface area contributed by atoms with Crippen molar-refractivity contribution in [2.75, 3.05) is 87.7 Å². The van der Waals surface area contributed by atoms with E-state index in [0.29, 0.717) is 86.9 Å². The number of benzene rings is 2. The van der Waals surface area contributed by atoms with E-state index in [0.717, 1.165) is 80.2 Å². The second kappa shape index (κ2) is 24.9. The SMILES string of the molecule is COc1cncc(-c2ncc(N3CCOCC3)cc2N)c1.COc1cncc(-c2ncc(N3CCOCC3)cc2Nc2c(C)c(-c3ccccn3)nc3cc(F)cc(F)c23)c1.Cc1c(-c2ccccn2)nc2cc(F)cc(F)c2c1Cl. The predicted octanol–water partition coefficient (Wildman–Crippen LogP) is 12.0. The Morgan fingerprint density at radius 2 is 1.05 bits per heavy atom. The molecule has 0 aliphatic carbocycles. The lowest BCUT2D eigenvalue weighted by atomic mass is 10.0. The van der Waals surface area contributed by atoms with Crippen LogP contribution in [0.15, 0.2) is 135 Å². The van der Waals surface area contributed by atoms with E-state index in [1.54, 1.807) is 82.7 Å². The molecule has 10 heterocycles. The Labute approximate surface area is 468 Å². The molecule has 0 amide bonds. The highest BCUT2D eigenvalue weighted by Gasteiger charge is 2.23. The zero-order chi connectivity index (χ0) is 56.6. The molecule has 0 unspecified atom stereocenters. The Kier molecular flexibility index (Phi) is 17.0. The summed E-state index contributed by atoms with van der Waals surface area (Å²) in [6.07, 6.45) is 13.6. The fourth-order valence-corrected chi connectivity index (χ4v) is 9.64. The first-order valence-electron chi connectivity index (χ1n) is 25.6. The third-order valence-electron chi connectivity index (χ3n) is 13.5. The number of nitrogens with zero attached hydrogens (tertiary/aromatic N) is 10. The number of nitrogen functional groups attached to an aromatic ring is 1. The van der Waals surface area contributed by atoms with E-state index in [1.807, 2.05) is 55.6 Å². The number of ether oxygens (including phenoxy) is 4. The number of rotatable bonds is 10. The molecule has 2 aliphatic rings. The van der Waals surface area contributed by atoms with Gasteiger partial charge in [0.2, 0.25) is 0 Å². The highest BCUT2D eigenvalue weighted by atomic mass is 35.5. The third kappa shape index (κ3) is 12.4. The summed E-state index contributed by atoms with van der Waals surface area (Å²) >= 11 is 6.21. The molecular weight excluding hydrogens is 1060 g/mol. The molecule has 8 aromatic heterocycles. The summed E-state index contributed by atoms with van der Waals surface area (Å²) < 4.78 is 78.4. The van der Waals surface area contributed by atoms with Crippen molar-refractivity contribution in [1.29, 1.82) is 0 Å². The minimum Gasteiger partial charge on any atom is -0.495 e. The lowest BCUT2D eigenvalue weighted by molar-refractivity contribution is 0.122. The van der Waals surface area contributed by atoms with Gasteiger partial charge in [-0.15, -0.1) is 0 Å². The average molecular weight is 1120 g/mol. The molecule has 0 spiro atoms. The molecule has 412 valence electrons. The topological polar surface area (TPSA) is 185 Å². The summed E-state index contributed by atoms with van der Waals surface area (Å²) in [5.41, 5.74) is 16.5. The summed E-state index contributed by atoms with van der Waals surface area (Å²) in [6.45, 7) is 9.44. The van der Waals surface area contributed by atoms with Crippen LogP contribution in [0, 0.1) is 37.1 Å². The highest BCUT2D eigenvalue weighted by Crippen LogP contribution is 2.41. The lowest BCUT2D eigenvalue weighted by Gasteiger charge is -2.29. The summed E-state index contributed by atoms with van der Waals surface area (Å²) in [6, 6.07) is 22.5. The van der Waals surface area contributed by atoms with Gasteiger partial charge in [-0.25, -0.2) is 27.5 Å². The maximum atomic E-state index is 15.4. The second-order valence-electron chi connectivity index (χ2n) is 18.6. The number of anilines is 5. The Hall–Kier alpha value is -9.11. The van der Waals surface area contributed by atoms with Crippen LogP contribution in [-0.2, 0) is 9.47 Å². The molecule has 0 saturated carbocycles. The van der Waals surface area contributed by atoms with Gasteiger partial charge in [0.1, 0.15) is 34.8 Å². The zero-order valence-corrected chi connectivity index (χ0v) is 45.2. The minimum absolute atomic E-state index is 0.130. The normalized spacial score (nSPS) is 13.2. The van der Waals surface area contributed by atoms with Crippen molar-refractivity contribution in [3.63, 3.8) is 0 Å². The van der Waals surface area contributed by atoms with Crippen LogP contribution in [0.5, 0.6) is 11.5 Å². The molecule has 12 rings (SSSR count). The molecule has 3 N–H and O–H groups in total. The lowest BCUT2D eigenvalue weighted by Crippen LogP contribution is -2.36. The standard InChI is InChI=1S/C30H26F2N6O2.C15H9ClF2N2.C15H18N4O2/c1-18-28(24-5-3-4-6-34-24)36-25-13-20(31)12-23(32)27(25)29(18)37-26-14-21(38-7-9-40-10-8-38)16-35-30(26)19-11-22(39-2)17-33-15-19;1-8-14(16)13-10(18)6-9(17)7-12(13)20-15(8)11-4-2-3-5-19-11;1-20-13-6-11(8-17-10-13)15-14(16)7-12(9-18-15)19-2-4-21-5-3-19/h3-6,11-17H,7-10H2,1-2H3,(H,36,37);2-7H,1H3;6-10H,2-5,16H2,1H3. The quantitative estimate of drug-likeness (QED) is 0.123. The van der Waals surface area contributed by atoms with Gasteiger partial charge in [0.15, 0.2) is 0 Å². The molecule has 81 heavy (non-hydrogen) atoms. The van der Waals surface area contributed by atoms with Crippen LogP contribution >= 0.6 is 11.6 Å². The van der Waals surface area contributed by atoms with Crippen molar-refractivity contribution in [2.24, 2.45) is 0 Å². The number of nitrogens with one attached hydrogen (secondary N) is 1. The first-order valence-corrected chi connectivity index (χ1v) is 26.0. The number of halogens is 5. The third-order valence-corrected chi connectivity index (χ3v) is 13.9. The van der Waals surface area contributed by atoms with Crippen LogP contribution in [-0.4, -0.2) is 107 Å². The number of aromatic nitrogens is 8. The fourth-order valence-electron chi connectivity index (χ4n) is 9.36. The van der Waals surface area contributed by atoms with Gasteiger partial charge in [0.05, 0.1) is 155 Å². The molecule has 2 aromatic carbocycles. The molecule has 2 fully saturated rings. The van der Waals surface area contributed by atoms with Crippen molar-refractivity contribution in [3.05, 3.63) is 174 Å². The number of hydrogen-bond acceptors (Lipinski definition) is 16. The monoisotopic (exact) mass is 1120 g/mol. The molecule has 10 aromatic rings. The minimum atomic E-state index is -0.720. The number of pyridine rings is 8. The van der Waals surface area contributed by atoms with Gasteiger partial charge in [0, 0.05) is 91.9 Å². The van der Waals surface area contributed by atoms with E-state index in [1.165, 1.54) is 6.07 Å². The maximum absolute atomic E-state index is 15.4. The molecule has 0 bridgehead atoms. The summed E-state index contributed by atoms with van der Waals surface area (Å²) in [7, 11) is 3.18. The Balaban J connectivity index is 0.000000151. The number of hydrogen-bond donors (Lipinski definition) is 2. The van der Waals surface area contributed by atoms with Gasteiger partial charge in [-0.2, -0.15) is 0 Å². The first-order chi connectivity index (χ1) is 39.4. The summed E-state index contributed by atoms with van der Waals surface area (Å²) in [5.74, 6) is -1.57. The van der Waals surface area contributed by atoms with Gasteiger partial charge >= 0.3 is 0 Å². The van der Waals surface area contributed by atoms with Crippen LogP contribution in [0.1, 0.15) is 11.1 Å². The van der Waals surface area contributed by atoms with E-state index in [4.69, 9.17) is 41.3 Å². The van der Waals surface area contributed by atoms with Crippen molar-refractivity contribution in [1.82, 2.24) is 39.9 Å². The maximum Gasteiger partial charge on any atom is 0.137 e. The van der Waals surface area contributed by atoms with Crippen LogP contribution < -0.4 is 30.3 Å². The number of fused-ring (bicyclic) bond motifs is 2. The van der Waals surface area contributed by atoms with E-state index in [-0.39, 0.29) is 26.8 Å². The number of nitrogens with two attached hydrogens (primary N) is 1. The summed E-state index contributed by atoms with van der Waals surface area (Å²) in [4.78, 5) is 39.7. The van der Waals surface area contributed by atoms with Gasteiger partial charge < -0.3 is 39.8 Å². The second-order valence-corrected chi connectivity index (χ2v) is 19.0. The van der Waals surface area contributed by atoms with E-state index >= 15 is 4.39 Å². The van der Waals surface area contributed by atoms with Crippen molar-refractivity contribution < 1.29 is 36.5 Å². The molecule has 16 nitrogen and oxygen atoms in total. The molecule has 0 atom stereocenters. The van der Waals surface area contributed by atoms with Crippen LogP contribution in [0.25, 0.3) is 67.1 Å². The number of methoxy groups -OCH3 is 2. The largest absolute Gasteiger partial charge is 0.495 e. The zero-order valence-electron chi connectivity index (χ0n) is 44.4. The molecule has 21 heteroatoms. The van der Waals surface area contributed by atoms with Crippen molar-refractivity contribution >= 4 is 61.8 Å². The fraction of sp³-hybridized carbons (Fsp3) is 0.200. The van der Waals surface area contributed by atoms with Gasteiger partial charge in [0.25, 0.3) is 0 Å². The average Bonchev–Trinajstić information content (AvgIpc) is 3.66. The smallest absolute Gasteiger partial charge is 0.137 e. The van der Waals surface area contributed by atoms with E-state index in [9.17, 15) is 13.2 Å².